The Morgan fingerprint density at radius 2 is 1.33 bits per heavy atom. The van der Waals surface area contributed by atoms with Crippen LogP contribution in [-0.2, 0) is 32.6 Å². The highest BCUT2D eigenvalue weighted by atomic mass is 35.5. The highest BCUT2D eigenvalue weighted by Crippen LogP contribution is 2.30. The molecule has 2 amide bonds. The molecule has 4 aromatic carbocycles. The Morgan fingerprint density at radius 1 is 0.783 bits per heavy atom. The van der Waals surface area contributed by atoms with E-state index in [9.17, 15) is 18.0 Å². The van der Waals surface area contributed by atoms with E-state index < -0.39 is 34.1 Å². The first-order valence-electron chi connectivity index (χ1n) is 14.9. The average Bonchev–Trinajstić information content (AvgIpc) is 2.97. The van der Waals surface area contributed by atoms with Crippen LogP contribution in [0.1, 0.15) is 43.0 Å². The lowest BCUT2D eigenvalue weighted by Gasteiger charge is -2.35. The lowest BCUT2D eigenvalue weighted by molar-refractivity contribution is -0.140. The molecule has 4 rings (SSSR count). The van der Waals surface area contributed by atoms with Crippen LogP contribution in [0, 0.1) is 13.8 Å². The van der Waals surface area contributed by atoms with Crippen molar-refractivity contribution in [3.05, 3.63) is 129 Å². The lowest BCUT2D eigenvalue weighted by atomic mass is 10.0. The van der Waals surface area contributed by atoms with Gasteiger partial charge in [0.05, 0.1) is 10.6 Å². The maximum Gasteiger partial charge on any atom is 0.264 e. The SMILES string of the molecule is Cc1ccc(CN(C(=O)CN(c2cc(Cl)cc(Cl)c2)S(=O)(=O)c2ccc(C)cc2)C(Cc2ccccc2)C(=O)NC(C)(C)C)cc1. The number of amides is 2. The number of halogens is 2. The Labute approximate surface area is 282 Å². The largest absolute Gasteiger partial charge is 0.350 e. The molecule has 0 aromatic heterocycles. The van der Waals surface area contributed by atoms with Gasteiger partial charge >= 0.3 is 0 Å². The number of hydrogen-bond donors (Lipinski definition) is 1. The Morgan fingerprint density at radius 3 is 1.87 bits per heavy atom. The van der Waals surface area contributed by atoms with Crippen molar-refractivity contribution in [2.24, 2.45) is 0 Å². The van der Waals surface area contributed by atoms with Crippen LogP contribution < -0.4 is 9.62 Å². The molecular weight excluding hydrogens is 641 g/mol. The molecule has 1 unspecified atom stereocenters. The number of anilines is 1. The molecule has 4 aromatic rings. The monoisotopic (exact) mass is 679 g/mol. The van der Waals surface area contributed by atoms with Crippen LogP contribution in [0.2, 0.25) is 10.0 Å². The van der Waals surface area contributed by atoms with Crippen molar-refractivity contribution in [3.8, 4) is 0 Å². The van der Waals surface area contributed by atoms with Gasteiger partial charge in [0.25, 0.3) is 10.0 Å². The fraction of sp³-hybridized carbons (Fsp3) is 0.278. The predicted molar refractivity (Wildman–Crippen MR) is 186 cm³/mol. The molecule has 0 radical (unpaired) electrons. The van der Waals surface area contributed by atoms with Gasteiger partial charge in [-0.05, 0) is 76.1 Å². The van der Waals surface area contributed by atoms with E-state index >= 15 is 0 Å². The molecule has 10 heteroatoms. The molecule has 0 fully saturated rings. The summed E-state index contributed by atoms with van der Waals surface area (Å²) in [5.41, 5.74) is 3.11. The molecule has 0 aliphatic rings. The molecule has 0 bridgehead atoms. The molecule has 1 atom stereocenters. The summed E-state index contributed by atoms with van der Waals surface area (Å²) >= 11 is 12.6. The third-order valence-electron chi connectivity index (χ3n) is 7.27. The van der Waals surface area contributed by atoms with E-state index in [0.717, 1.165) is 26.6 Å². The summed E-state index contributed by atoms with van der Waals surface area (Å²) in [6.07, 6.45) is 0.216. The quantitative estimate of drug-likeness (QED) is 0.179. The van der Waals surface area contributed by atoms with E-state index in [-0.39, 0.29) is 39.5 Å². The van der Waals surface area contributed by atoms with Crippen LogP contribution in [0.25, 0.3) is 0 Å². The van der Waals surface area contributed by atoms with Gasteiger partial charge in [-0.1, -0.05) is 101 Å². The first kappa shape index (κ1) is 35.0. The smallest absolute Gasteiger partial charge is 0.264 e. The molecule has 0 spiro atoms. The summed E-state index contributed by atoms with van der Waals surface area (Å²) in [7, 11) is -4.28. The summed E-state index contributed by atoms with van der Waals surface area (Å²) in [5.74, 6) is -0.923. The fourth-order valence-corrected chi connectivity index (χ4v) is 6.86. The summed E-state index contributed by atoms with van der Waals surface area (Å²) in [4.78, 5) is 30.0. The first-order valence-corrected chi connectivity index (χ1v) is 17.1. The Bertz CT molecular complexity index is 1750. The Kier molecular flexibility index (Phi) is 11.2. The number of nitrogens with zero attached hydrogens (tertiary/aromatic N) is 2. The minimum absolute atomic E-state index is 0.00149. The van der Waals surface area contributed by atoms with Crippen molar-refractivity contribution >= 4 is 50.7 Å². The molecule has 0 heterocycles. The molecule has 0 saturated carbocycles. The number of sulfonamides is 1. The van der Waals surface area contributed by atoms with E-state index in [2.05, 4.69) is 5.32 Å². The van der Waals surface area contributed by atoms with Crippen LogP contribution in [0.4, 0.5) is 5.69 Å². The molecule has 242 valence electrons. The van der Waals surface area contributed by atoms with Gasteiger partial charge in [-0.25, -0.2) is 8.42 Å². The second kappa shape index (κ2) is 14.7. The van der Waals surface area contributed by atoms with Gasteiger partial charge in [0.1, 0.15) is 12.6 Å². The van der Waals surface area contributed by atoms with Crippen LogP contribution in [-0.4, -0.2) is 43.3 Å². The maximum absolute atomic E-state index is 14.6. The van der Waals surface area contributed by atoms with Crippen molar-refractivity contribution in [1.82, 2.24) is 10.2 Å². The van der Waals surface area contributed by atoms with Crippen molar-refractivity contribution in [1.29, 1.82) is 0 Å². The topological polar surface area (TPSA) is 86.8 Å². The van der Waals surface area contributed by atoms with E-state index in [4.69, 9.17) is 23.2 Å². The molecule has 0 aliphatic carbocycles. The molecule has 0 aliphatic heterocycles. The van der Waals surface area contributed by atoms with Crippen molar-refractivity contribution in [2.75, 3.05) is 10.8 Å². The second-order valence-electron chi connectivity index (χ2n) is 12.4. The minimum Gasteiger partial charge on any atom is -0.350 e. The summed E-state index contributed by atoms with van der Waals surface area (Å²) < 4.78 is 29.4. The number of nitrogens with one attached hydrogen (secondary N) is 1. The highest BCUT2D eigenvalue weighted by Gasteiger charge is 2.35. The molecule has 0 saturated heterocycles. The van der Waals surface area contributed by atoms with Gasteiger partial charge in [0.2, 0.25) is 11.8 Å². The molecule has 46 heavy (non-hydrogen) atoms. The van der Waals surface area contributed by atoms with Gasteiger partial charge in [-0.15, -0.1) is 0 Å². The van der Waals surface area contributed by atoms with E-state index in [1.54, 1.807) is 12.1 Å². The normalized spacial score (nSPS) is 12.3. The number of aryl methyl sites for hydroxylation is 2. The van der Waals surface area contributed by atoms with E-state index in [0.29, 0.717) is 0 Å². The number of carbonyl (C=O) groups is 2. The number of benzene rings is 4. The van der Waals surface area contributed by atoms with Crippen LogP contribution in [0.5, 0.6) is 0 Å². The van der Waals surface area contributed by atoms with Gasteiger partial charge in [0.15, 0.2) is 0 Å². The van der Waals surface area contributed by atoms with Gasteiger partial charge in [-0.2, -0.15) is 0 Å². The standard InChI is InChI=1S/C36H39Cl2N3O4S/c1-25-11-15-28(16-12-25)23-40(33(35(43)39-36(3,4)5)19-27-9-7-6-8-10-27)34(42)24-41(31-21-29(37)20-30(38)22-31)46(44,45)32-17-13-26(2)14-18-32/h6-18,20-22,33H,19,23-24H2,1-5H3,(H,39,43). The van der Waals surface area contributed by atoms with Crippen LogP contribution in [0.3, 0.4) is 0 Å². The van der Waals surface area contributed by atoms with Crippen molar-refractivity contribution < 1.29 is 18.0 Å². The first-order chi connectivity index (χ1) is 21.6. The number of rotatable bonds is 11. The Balaban J connectivity index is 1.84. The van der Waals surface area contributed by atoms with Crippen molar-refractivity contribution in [3.63, 3.8) is 0 Å². The van der Waals surface area contributed by atoms with E-state index in [1.807, 2.05) is 89.2 Å². The van der Waals surface area contributed by atoms with Gasteiger partial charge in [-0.3, -0.25) is 13.9 Å². The fourth-order valence-electron chi connectivity index (χ4n) is 4.95. The van der Waals surface area contributed by atoms with Crippen LogP contribution in [0.15, 0.2) is 102 Å². The zero-order chi connectivity index (χ0) is 33.6. The lowest BCUT2D eigenvalue weighted by Crippen LogP contribution is -2.56. The minimum atomic E-state index is -4.28. The van der Waals surface area contributed by atoms with Crippen LogP contribution >= 0.6 is 23.2 Å². The Hall–Kier alpha value is -3.85. The second-order valence-corrected chi connectivity index (χ2v) is 15.1. The summed E-state index contributed by atoms with van der Waals surface area (Å²) in [6, 6.07) is 26.9. The highest BCUT2D eigenvalue weighted by molar-refractivity contribution is 7.92. The third-order valence-corrected chi connectivity index (χ3v) is 9.49. The zero-order valence-corrected chi connectivity index (χ0v) is 29.0. The predicted octanol–water partition coefficient (Wildman–Crippen LogP) is 7.36. The molecule has 1 N–H and O–H groups in total. The molecule has 7 nitrogen and oxygen atoms in total. The summed E-state index contributed by atoms with van der Waals surface area (Å²) in [5, 5.41) is 3.45. The van der Waals surface area contributed by atoms with Crippen molar-refractivity contribution in [2.45, 2.75) is 64.1 Å². The number of hydrogen-bond acceptors (Lipinski definition) is 4. The van der Waals surface area contributed by atoms with Gasteiger partial charge < -0.3 is 10.2 Å². The maximum atomic E-state index is 14.6. The van der Waals surface area contributed by atoms with E-state index in [1.165, 1.54) is 35.2 Å². The number of carbonyl (C=O) groups excluding carboxylic acids is 2. The average molecular weight is 681 g/mol. The summed E-state index contributed by atoms with van der Waals surface area (Å²) in [6.45, 7) is 8.90. The zero-order valence-electron chi connectivity index (χ0n) is 26.6. The van der Waals surface area contributed by atoms with Gasteiger partial charge in [0, 0.05) is 28.5 Å². The molecular formula is C36H39Cl2N3O4S. The third kappa shape index (κ3) is 9.34.